The summed E-state index contributed by atoms with van der Waals surface area (Å²) in [7, 11) is 3.26. The molecule has 0 saturated carbocycles. The Labute approximate surface area is 131 Å². The van der Waals surface area contributed by atoms with Gasteiger partial charge in [0.25, 0.3) is 0 Å². The van der Waals surface area contributed by atoms with Gasteiger partial charge in [0.05, 0.1) is 25.6 Å². The number of benzene rings is 1. The predicted molar refractivity (Wildman–Crippen MR) is 80.4 cm³/mol. The van der Waals surface area contributed by atoms with Gasteiger partial charge in [-0.15, -0.1) is 10.2 Å². The van der Waals surface area contributed by atoms with Crippen LogP contribution in [0.3, 0.4) is 0 Å². The number of hydrogen-bond acceptors (Lipinski definition) is 6. The molecular formula is C14H16BrN3O3. The van der Waals surface area contributed by atoms with Gasteiger partial charge in [-0.2, -0.15) is 0 Å². The molecule has 0 unspecified atom stereocenters. The lowest BCUT2D eigenvalue weighted by atomic mass is 10.2. The van der Waals surface area contributed by atoms with Crippen molar-refractivity contribution in [1.82, 2.24) is 15.1 Å². The highest BCUT2D eigenvalue weighted by Crippen LogP contribution is 2.26. The van der Waals surface area contributed by atoms with Crippen LogP contribution in [0.25, 0.3) is 11.5 Å². The van der Waals surface area contributed by atoms with Gasteiger partial charge in [-0.25, -0.2) is 0 Å². The Morgan fingerprint density at radius 3 is 2.86 bits per heavy atom. The smallest absolute Gasteiger partial charge is 0.306 e. The van der Waals surface area contributed by atoms with Gasteiger partial charge in [-0.1, -0.05) is 12.1 Å². The number of methoxy groups -OCH3 is 1. The van der Waals surface area contributed by atoms with Gasteiger partial charge < -0.3 is 9.15 Å². The van der Waals surface area contributed by atoms with E-state index in [1.54, 1.807) is 0 Å². The standard InChI is InChI=1S/C14H16BrN3O3/c1-18(8-7-13(19)20-2)9-12-16-17-14(21-12)10-5-3-4-6-11(10)15/h3-6H,7-9H2,1-2H3. The molecule has 1 heterocycles. The van der Waals surface area contributed by atoms with Crippen LogP contribution < -0.4 is 0 Å². The summed E-state index contributed by atoms with van der Waals surface area (Å²) in [6.07, 6.45) is 0.332. The number of halogens is 1. The molecule has 0 fully saturated rings. The molecule has 0 amide bonds. The van der Waals surface area contributed by atoms with E-state index in [1.807, 2.05) is 36.2 Å². The van der Waals surface area contributed by atoms with E-state index >= 15 is 0 Å². The molecule has 0 aliphatic heterocycles. The van der Waals surface area contributed by atoms with Crippen molar-refractivity contribution in [3.63, 3.8) is 0 Å². The molecule has 1 aromatic carbocycles. The van der Waals surface area contributed by atoms with Crippen LogP contribution in [-0.2, 0) is 16.1 Å². The number of esters is 1. The zero-order chi connectivity index (χ0) is 15.2. The van der Waals surface area contributed by atoms with E-state index in [9.17, 15) is 4.79 Å². The molecule has 0 aliphatic carbocycles. The maximum Gasteiger partial charge on any atom is 0.306 e. The van der Waals surface area contributed by atoms with E-state index in [0.29, 0.717) is 31.3 Å². The number of aromatic nitrogens is 2. The molecule has 21 heavy (non-hydrogen) atoms. The van der Waals surface area contributed by atoms with Crippen molar-refractivity contribution in [3.8, 4) is 11.5 Å². The molecule has 7 heteroatoms. The normalized spacial score (nSPS) is 10.9. The molecule has 2 aromatic rings. The summed E-state index contributed by atoms with van der Waals surface area (Å²) in [5.41, 5.74) is 0.855. The lowest BCUT2D eigenvalue weighted by Gasteiger charge is -2.12. The van der Waals surface area contributed by atoms with Crippen molar-refractivity contribution in [1.29, 1.82) is 0 Å². The second-order valence-corrected chi connectivity index (χ2v) is 5.40. The summed E-state index contributed by atoms with van der Waals surface area (Å²) < 4.78 is 11.2. The lowest BCUT2D eigenvalue weighted by molar-refractivity contribution is -0.140. The topological polar surface area (TPSA) is 68.5 Å². The summed E-state index contributed by atoms with van der Waals surface area (Å²) in [6, 6.07) is 7.65. The van der Waals surface area contributed by atoms with E-state index in [1.165, 1.54) is 7.11 Å². The van der Waals surface area contributed by atoms with Gasteiger partial charge in [-0.3, -0.25) is 9.69 Å². The highest BCUT2D eigenvalue weighted by molar-refractivity contribution is 9.10. The highest BCUT2D eigenvalue weighted by atomic mass is 79.9. The van der Waals surface area contributed by atoms with Gasteiger partial charge in [0.1, 0.15) is 0 Å². The minimum Gasteiger partial charge on any atom is -0.469 e. The first kappa shape index (κ1) is 15.7. The maximum absolute atomic E-state index is 11.1. The van der Waals surface area contributed by atoms with E-state index < -0.39 is 0 Å². The molecule has 0 N–H and O–H groups in total. The predicted octanol–water partition coefficient (Wildman–Crippen LogP) is 2.49. The summed E-state index contributed by atoms with van der Waals surface area (Å²) in [4.78, 5) is 13.0. The Kier molecular flexibility index (Phi) is 5.46. The van der Waals surface area contributed by atoms with Crippen LogP contribution in [-0.4, -0.2) is 41.8 Å². The SMILES string of the molecule is COC(=O)CCN(C)Cc1nnc(-c2ccccc2Br)o1. The van der Waals surface area contributed by atoms with Crippen molar-refractivity contribution in [2.45, 2.75) is 13.0 Å². The van der Waals surface area contributed by atoms with Gasteiger partial charge in [0.2, 0.25) is 11.8 Å². The molecule has 0 atom stereocenters. The van der Waals surface area contributed by atoms with E-state index in [4.69, 9.17) is 4.42 Å². The van der Waals surface area contributed by atoms with Gasteiger partial charge >= 0.3 is 5.97 Å². The van der Waals surface area contributed by atoms with Crippen molar-refractivity contribution in [3.05, 3.63) is 34.6 Å². The summed E-state index contributed by atoms with van der Waals surface area (Å²) >= 11 is 3.45. The van der Waals surface area contributed by atoms with Gasteiger partial charge in [0, 0.05) is 11.0 Å². The molecule has 0 saturated heterocycles. The van der Waals surface area contributed by atoms with Crippen molar-refractivity contribution in [2.75, 3.05) is 20.7 Å². The third kappa shape index (κ3) is 4.37. The Balaban J connectivity index is 1.97. The number of carbonyl (C=O) groups is 1. The lowest BCUT2D eigenvalue weighted by Crippen LogP contribution is -2.22. The highest BCUT2D eigenvalue weighted by Gasteiger charge is 2.13. The minimum atomic E-state index is -0.235. The average molecular weight is 354 g/mol. The van der Waals surface area contributed by atoms with Crippen LogP contribution in [0.5, 0.6) is 0 Å². The molecule has 1 aromatic heterocycles. The third-order valence-electron chi connectivity index (χ3n) is 2.90. The molecule has 112 valence electrons. The summed E-state index contributed by atoms with van der Waals surface area (Å²) in [5, 5.41) is 8.07. The molecule has 0 radical (unpaired) electrons. The van der Waals surface area contributed by atoms with Crippen LogP contribution in [0.2, 0.25) is 0 Å². The average Bonchev–Trinajstić information content (AvgIpc) is 2.93. The maximum atomic E-state index is 11.1. The zero-order valence-corrected chi connectivity index (χ0v) is 13.5. The largest absolute Gasteiger partial charge is 0.469 e. The van der Waals surface area contributed by atoms with Gasteiger partial charge in [-0.05, 0) is 35.1 Å². The van der Waals surface area contributed by atoms with Crippen LogP contribution in [0, 0.1) is 0 Å². The first-order valence-electron chi connectivity index (χ1n) is 6.43. The van der Waals surface area contributed by atoms with E-state index in [-0.39, 0.29) is 5.97 Å². The first-order chi connectivity index (χ1) is 10.1. The quantitative estimate of drug-likeness (QED) is 0.743. The monoisotopic (exact) mass is 353 g/mol. The summed E-state index contributed by atoms with van der Waals surface area (Å²) in [6.45, 7) is 1.05. The minimum absolute atomic E-state index is 0.235. The first-order valence-corrected chi connectivity index (χ1v) is 7.22. The molecule has 6 nitrogen and oxygen atoms in total. The van der Waals surface area contributed by atoms with E-state index in [2.05, 4.69) is 30.9 Å². The Bertz CT molecular complexity index is 615. The Morgan fingerprint density at radius 1 is 1.38 bits per heavy atom. The van der Waals surface area contributed by atoms with E-state index in [0.717, 1.165) is 10.0 Å². The number of nitrogens with zero attached hydrogens (tertiary/aromatic N) is 3. The van der Waals surface area contributed by atoms with Crippen molar-refractivity contribution in [2.24, 2.45) is 0 Å². The molecule has 0 bridgehead atoms. The fraction of sp³-hybridized carbons (Fsp3) is 0.357. The number of ether oxygens (including phenoxy) is 1. The molecule has 0 aliphatic rings. The third-order valence-corrected chi connectivity index (χ3v) is 3.59. The fourth-order valence-corrected chi connectivity index (χ4v) is 2.21. The van der Waals surface area contributed by atoms with Crippen LogP contribution in [0.4, 0.5) is 0 Å². The molecular weight excluding hydrogens is 338 g/mol. The second kappa shape index (κ2) is 7.33. The molecule has 0 spiro atoms. The summed E-state index contributed by atoms with van der Waals surface area (Å²) in [5.74, 6) is 0.744. The fourth-order valence-electron chi connectivity index (χ4n) is 1.76. The van der Waals surface area contributed by atoms with Crippen molar-refractivity contribution < 1.29 is 13.9 Å². The molecule has 2 rings (SSSR count). The van der Waals surface area contributed by atoms with Gasteiger partial charge in [0.15, 0.2) is 0 Å². The Morgan fingerprint density at radius 2 is 2.14 bits per heavy atom. The number of hydrogen-bond donors (Lipinski definition) is 0. The van der Waals surface area contributed by atoms with Crippen molar-refractivity contribution >= 4 is 21.9 Å². The number of rotatable bonds is 6. The van der Waals surface area contributed by atoms with Crippen LogP contribution in [0.15, 0.2) is 33.2 Å². The Hall–Kier alpha value is -1.73. The number of carbonyl (C=O) groups excluding carboxylic acids is 1. The van der Waals surface area contributed by atoms with Crippen LogP contribution >= 0.6 is 15.9 Å². The van der Waals surface area contributed by atoms with Crippen LogP contribution in [0.1, 0.15) is 12.3 Å². The zero-order valence-electron chi connectivity index (χ0n) is 11.9. The second-order valence-electron chi connectivity index (χ2n) is 4.54.